The van der Waals surface area contributed by atoms with Crippen molar-refractivity contribution in [2.45, 2.75) is 18.9 Å². The number of carbonyl (C=O) groups is 4. The fourth-order valence-corrected chi connectivity index (χ4v) is 1.87. The first-order valence-corrected chi connectivity index (χ1v) is 5.95. The van der Waals surface area contributed by atoms with Gasteiger partial charge in [0.2, 0.25) is 11.8 Å². The summed E-state index contributed by atoms with van der Waals surface area (Å²) in [6.45, 7) is 0. The topological polar surface area (TPSA) is 113 Å². The largest absolute Gasteiger partial charge is 0.478 e. The monoisotopic (exact) mass is 276 g/mol. The number of hydrogen-bond donors (Lipinski definition) is 3. The molecule has 7 nitrogen and oxygen atoms in total. The molecule has 1 aromatic rings. The molecule has 1 saturated heterocycles. The Bertz CT molecular complexity index is 596. The maximum absolute atomic E-state index is 11.9. The summed E-state index contributed by atoms with van der Waals surface area (Å²) < 4.78 is 0. The van der Waals surface area contributed by atoms with Gasteiger partial charge in [-0.15, -0.1) is 0 Å². The van der Waals surface area contributed by atoms with Crippen LogP contribution in [-0.2, 0) is 9.59 Å². The fourth-order valence-electron chi connectivity index (χ4n) is 1.87. The van der Waals surface area contributed by atoms with E-state index >= 15 is 0 Å². The molecule has 1 atom stereocenters. The van der Waals surface area contributed by atoms with E-state index in [4.69, 9.17) is 5.11 Å². The smallest absolute Gasteiger partial charge is 0.335 e. The number of nitrogens with one attached hydrogen (secondary N) is 2. The van der Waals surface area contributed by atoms with Crippen molar-refractivity contribution in [2.75, 3.05) is 0 Å². The Kier molecular flexibility index (Phi) is 3.79. The van der Waals surface area contributed by atoms with Crippen LogP contribution in [0.15, 0.2) is 24.3 Å². The van der Waals surface area contributed by atoms with Crippen LogP contribution in [0.4, 0.5) is 0 Å². The Morgan fingerprint density at radius 1 is 1.25 bits per heavy atom. The maximum Gasteiger partial charge on any atom is 0.335 e. The second-order valence-corrected chi connectivity index (χ2v) is 4.36. The molecule has 1 aromatic carbocycles. The average Bonchev–Trinajstić information content (AvgIpc) is 2.42. The van der Waals surface area contributed by atoms with E-state index in [0.29, 0.717) is 0 Å². The van der Waals surface area contributed by atoms with Gasteiger partial charge in [0.25, 0.3) is 5.91 Å². The third-order valence-electron chi connectivity index (χ3n) is 2.92. The molecule has 3 N–H and O–H groups in total. The van der Waals surface area contributed by atoms with E-state index in [1.807, 2.05) is 0 Å². The molecule has 7 heteroatoms. The molecule has 0 spiro atoms. The standard InChI is InChI=1S/C13H12N2O5/c16-10-5-4-9(12(18)15-10)14-11(17)7-2-1-3-8(6-7)13(19)20/h1-3,6,9H,4-5H2,(H,14,17)(H,19,20)(H,15,16,18). The minimum absolute atomic E-state index is 0.0130. The highest BCUT2D eigenvalue weighted by atomic mass is 16.4. The van der Waals surface area contributed by atoms with Crippen LogP contribution in [0.2, 0.25) is 0 Å². The number of carboxylic acid groups (broad SMARTS) is 1. The minimum atomic E-state index is -1.14. The van der Waals surface area contributed by atoms with Crippen molar-refractivity contribution in [1.82, 2.24) is 10.6 Å². The highest BCUT2D eigenvalue weighted by Crippen LogP contribution is 2.08. The Balaban J connectivity index is 2.08. The van der Waals surface area contributed by atoms with E-state index in [-0.39, 0.29) is 29.9 Å². The second-order valence-electron chi connectivity index (χ2n) is 4.36. The number of benzene rings is 1. The summed E-state index contributed by atoms with van der Waals surface area (Å²) in [6.07, 6.45) is 0.390. The Morgan fingerprint density at radius 2 is 1.95 bits per heavy atom. The first kappa shape index (κ1) is 13.7. The van der Waals surface area contributed by atoms with Crippen LogP contribution in [0.3, 0.4) is 0 Å². The highest BCUT2D eigenvalue weighted by Gasteiger charge is 2.28. The van der Waals surface area contributed by atoms with Gasteiger partial charge in [0.1, 0.15) is 6.04 Å². The van der Waals surface area contributed by atoms with Crippen molar-refractivity contribution < 1.29 is 24.3 Å². The molecule has 0 bridgehead atoms. The number of piperidine rings is 1. The molecule has 2 rings (SSSR count). The third-order valence-corrected chi connectivity index (χ3v) is 2.92. The summed E-state index contributed by atoms with van der Waals surface area (Å²) in [5, 5.41) is 13.5. The van der Waals surface area contributed by atoms with E-state index in [2.05, 4.69) is 10.6 Å². The van der Waals surface area contributed by atoms with Gasteiger partial charge in [-0.25, -0.2) is 4.79 Å². The Morgan fingerprint density at radius 3 is 2.60 bits per heavy atom. The van der Waals surface area contributed by atoms with E-state index in [9.17, 15) is 19.2 Å². The van der Waals surface area contributed by atoms with Crippen molar-refractivity contribution in [1.29, 1.82) is 0 Å². The van der Waals surface area contributed by atoms with Crippen LogP contribution in [0.5, 0.6) is 0 Å². The maximum atomic E-state index is 11.9. The quantitative estimate of drug-likeness (QED) is 0.668. The van der Waals surface area contributed by atoms with Crippen LogP contribution >= 0.6 is 0 Å². The average molecular weight is 276 g/mol. The summed E-state index contributed by atoms with van der Waals surface area (Å²) in [7, 11) is 0. The molecule has 1 fully saturated rings. The van der Waals surface area contributed by atoms with Gasteiger partial charge in [-0.2, -0.15) is 0 Å². The fraction of sp³-hybridized carbons (Fsp3) is 0.231. The van der Waals surface area contributed by atoms with Gasteiger partial charge in [0.15, 0.2) is 0 Å². The summed E-state index contributed by atoms with van der Waals surface area (Å²) in [5.41, 5.74) is 0.135. The number of carboxylic acids is 1. The highest BCUT2D eigenvalue weighted by molar-refractivity contribution is 6.04. The molecule has 1 heterocycles. The van der Waals surface area contributed by atoms with E-state index < -0.39 is 23.8 Å². The van der Waals surface area contributed by atoms with Gasteiger partial charge in [0, 0.05) is 12.0 Å². The lowest BCUT2D eigenvalue weighted by Crippen LogP contribution is -2.52. The molecular weight excluding hydrogens is 264 g/mol. The Labute approximate surface area is 114 Å². The predicted molar refractivity (Wildman–Crippen MR) is 67.0 cm³/mol. The zero-order valence-electron chi connectivity index (χ0n) is 10.4. The van der Waals surface area contributed by atoms with Crippen molar-refractivity contribution in [3.63, 3.8) is 0 Å². The molecule has 1 unspecified atom stereocenters. The van der Waals surface area contributed by atoms with Gasteiger partial charge in [-0.3, -0.25) is 19.7 Å². The number of aromatic carboxylic acids is 1. The van der Waals surface area contributed by atoms with Gasteiger partial charge >= 0.3 is 5.97 Å². The normalized spacial score (nSPS) is 18.3. The minimum Gasteiger partial charge on any atom is -0.478 e. The molecule has 104 valence electrons. The zero-order chi connectivity index (χ0) is 14.7. The van der Waals surface area contributed by atoms with Crippen molar-refractivity contribution >= 4 is 23.7 Å². The summed E-state index contributed by atoms with van der Waals surface area (Å²) in [4.78, 5) is 45.3. The summed E-state index contributed by atoms with van der Waals surface area (Å²) in [5.74, 6) is -2.61. The molecule has 0 radical (unpaired) electrons. The van der Waals surface area contributed by atoms with Crippen molar-refractivity contribution in [2.24, 2.45) is 0 Å². The number of rotatable bonds is 3. The van der Waals surface area contributed by atoms with Gasteiger partial charge in [-0.1, -0.05) is 6.07 Å². The number of imide groups is 1. The van der Waals surface area contributed by atoms with Crippen LogP contribution in [0, 0.1) is 0 Å². The van der Waals surface area contributed by atoms with E-state index in [1.54, 1.807) is 0 Å². The molecule has 1 aliphatic heterocycles. The van der Waals surface area contributed by atoms with E-state index in [1.165, 1.54) is 24.3 Å². The van der Waals surface area contributed by atoms with Gasteiger partial charge < -0.3 is 10.4 Å². The van der Waals surface area contributed by atoms with Crippen molar-refractivity contribution in [3.05, 3.63) is 35.4 Å². The molecule has 20 heavy (non-hydrogen) atoms. The number of hydrogen-bond acceptors (Lipinski definition) is 4. The molecule has 0 aliphatic carbocycles. The SMILES string of the molecule is O=C1CCC(NC(=O)c2cccc(C(=O)O)c2)C(=O)N1. The van der Waals surface area contributed by atoms with E-state index in [0.717, 1.165) is 0 Å². The molecule has 1 aliphatic rings. The van der Waals surface area contributed by atoms with Crippen LogP contribution < -0.4 is 10.6 Å². The van der Waals surface area contributed by atoms with Crippen molar-refractivity contribution in [3.8, 4) is 0 Å². The lowest BCUT2D eigenvalue weighted by Gasteiger charge is -2.21. The molecular formula is C13H12N2O5. The predicted octanol–water partition coefficient (Wildman–Crippen LogP) is -0.0802. The number of amides is 3. The zero-order valence-corrected chi connectivity index (χ0v) is 10.4. The molecule has 3 amide bonds. The molecule has 0 aromatic heterocycles. The van der Waals surface area contributed by atoms with Crippen LogP contribution in [0.25, 0.3) is 0 Å². The van der Waals surface area contributed by atoms with Crippen LogP contribution in [-0.4, -0.2) is 34.8 Å². The number of carbonyl (C=O) groups excluding carboxylic acids is 3. The summed E-state index contributed by atoms with van der Waals surface area (Å²) >= 11 is 0. The van der Waals surface area contributed by atoms with Gasteiger partial charge in [-0.05, 0) is 24.6 Å². The van der Waals surface area contributed by atoms with Gasteiger partial charge in [0.05, 0.1) is 5.56 Å². The summed E-state index contributed by atoms with van der Waals surface area (Å²) in [6, 6.07) is 4.71. The molecule has 0 saturated carbocycles. The lowest BCUT2D eigenvalue weighted by molar-refractivity contribution is -0.134. The second kappa shape index (κ2) is 5.52. The first-order chi connectivity index (χ1) is 9.47. The third kappa shape index (κ3) is 3.00. The van der Waals surface area contributed by atoms with Crippen LogP contribution in [0.1, 0.15) is 33.6 Å². The Hall–Kier alpha value is -2.70. The lowest BCUT2D eigenvalue weighted by atomic mass is 10.0. The first-order valence-electron chi connectivity index (χ1n) is 5.95.